The molecule has 1 aliphatic heterocycles. The van der Waals surface area contributed by atoms with E-state index in [-0.39, 0.29) is 28.5 Å². The molecule has 168 valence electrons. The van der Waals surface area contributed by atoms with E-state index in [2.05, 4.69) is 25.6 Å². The van der Waals surface area contributed by atoms with Gasteiger partial charge in [-0.15, -0.1) is 0 Å². The highest BCUT2D eigenvalue weighted by atomic mass is 16.5. The van der Waals surface area contributed by atoms with Crippen molar-refractivity contribution in [2.75, 3.05) is 18.5 Å². The summed E-state index contributed by atoms with van der Waals surface area (Å²) in [5, 5.41) is 6.42. The van der Waals surface area contributed by atoms with Crippen molar-refractivity contribution in [3.05, 3.63) is 76.0 Å². The summed E-state index contributed by atoms with van der Waals surface area (Å²) in [6.07, 6.45) is 7.13. The number of carbonyl (C=O) groups is 1. The van der Waals surface area contributed by atoms with Crippen molar-refractivity contribution < 1.29 is 9.53 Å². The van der Waals surface area contributed by atoms with Crippen molar-refractivity contribution in [1.29, 1.82) is 0 Å². The molecule has 4 aromatic heterocycles. The van der Waals surface area contributed by atoms with Gasteiger partial charge in [-0.2, -0.15) is 0 Å². The summed E-state index contributed by atoms with van der Waals surface area (Å²) in [6.45, 7) is 3.47. The number of pyridine rings is 3. The average Bonchev–Trinajstić information content (AvgIpc) is 3.36. The molecule has 1 aliphatic rings. The van der Waals surface area contributed by atoms with Gasteiger partial charge in [-0.3, -0.25) is 19.0 Å². The van der Waals surface area contributed by atoms with Crippen LogP contribution in [0.3, 0.4) is 0 Å². The fourth-order valence-corrected chi connectivity index (χ4v) is 3.94. The molecule has 5 heterocycles. The van der Waals surface area contributed by atoms with Crippen LogP contribution >= 0.6 is 0 Å². The van der Waals surface area contributed by atoms with Gasteiger partial charge in [0.05, 0.1) is 17.1 Å². The van der Waals surface area contributed by atoms with Gasteiger partial charge in [0.1, 0.15) is 11.5 Å². The molecule has 0 unspecified atom stereocenters. The fourth-order valence-electron chi connectivity index (χ4n) is 3.94. The van der Waals surface area contributed by atoms with Crippen molar-refractivity contribution >= 4 is 28.4 Å². The number of aromatic nitrogens is 4. The van der Waals surface area contributed by atoms with Crippen LogP contribution in [0.25, 0.3) is 16.7 Å². The van der Waals surface area contributed by atoms with E-state index in [0.717, 1.165) is 30.6 Å². The summed E-state index contributed by atoms with van der Waals surface area (Å²) in [5.74, 6) is 0.0434. The Balaban J connectivity index is 1.54. The standard InChI is InChI=1S/C24H24N6O3/c1-15-6-7-20-28-22-19(24(32)30(20)14-15)10-18(21(29-22)26-13-17-5-3-9-33-17)23(31)27-12-16-4-2-8-25-11-16/h2,4,6-8,10-11,14,17H,3,5,9,12-13H2,1H3,(H,26,29)(H,27,31)/t17-/m0/s1. The first kappa shape index (κ1) is 21.0. The van der Waals surface area contributed by atoms with Crippen LogP contribution in [-0.4, -0.2) is 44.5 Å². The molecule has 0 radical (unpaired) electrons. The van der Waals surface area contributed by atoms with Crippen LogP contribution in [0.15, 0.2) is 53.7 Å². The predicted octanol–water partition coefficient (Wildman–Crippen LogP) is 2.47. The quantitative estimate of drug-likeness (QED) is 0.440. The van der Waals surface area contributed by atoms with Crippen LogP contribution in [0.5, 0.6) is 0 Å². The van der Waals surface area contributed by atoms with E-state index in [0.29, 0.717) is 30.2 Å². The summed E-state index contributed by atoms with van der Waals surface area (Å²) >= 11 is 0. The maximum Gasteiger partial charge on any atom is 0.267 e. The Kier molecular flexibility index (Phi) is 5.70. The van der Waals surface area contributed by atoms with Gasteiger partial charge in [0.2, 0.25) is 0 Å². The van der Waals surface area contributed by atoms with Gasteiger partial charge in [0.15, 0.2) is 5.65 Å². The van der Waals surface area contributed by atoms with Crippen LogP contribution in [0, 0.1) is 6.92 Å². The Morgan fingerprint density at radius 1 is 1.27 bits per heavy atom. The Labute approximate surface area is 189 Å². The third-order valence-electron chi connectivity index (χ3n) is 5.69. The molecule has 1 atom stereocenters. The van der Waals surface area contributed by atoms with Crippen LogP contribution in [0.4, 0.5) is 5.82 Å². The van der Waals surface area contributed by atoms with E-state index in [1.807, 2.05) is 25.1 Å². The SMILES string of the molecule is Cc1ccc2nc3nc(NC[C@@H]4CCCO4)c(C(=O)NCc4cccnc4)cc3c(=O)n2c1. The fraction of sp³-hybridized carbons (Fsp3) is 0.292. The number of hydrogen-bond donors (Lipinski definition) is 2. The van der Waals surface area contributed by atoms with E-state index in [9.17, 15) is 9.59 Å². The maximum atomic E-state index is 13.2. The van der Waals surface area contributed by atoms with Gasteiger partial charge < -0.3 is 15.4 Å². The second-order valence-electron chi connectivity index (χ2n) is 8.17. The van der Waals surface area contributed by atoms with Crippen LogP contribution < -0.4 is 16.2 Å². The lowest BCUT2D eigenvalue weighted by Gasteiger charge is -2.15. The van der Waals surface area contributed by atoms with Gasteiger partial charge >= 0.3 is 0 Å². The molecule has 1 fully saturated rings. The lowest BCUT2D eigenvalue weighted by Crippen LogP contribution is -2.27. The predicted molar refractivity (Wildman–Crippen MR) is 124 cm³/mol. The monoisotopic (exact) mass is 444 g/mol. The number of nitrogens with one attached hydrogen (secondary N) is 2. The summed E-state index contributed by atoms with van der Waals surface area (Å²) in [7, 11) is 0. The molecule has 1 saturated heterocycles. The lowest BCUT2D eigenvalue weighted by atomic mass is 10.1. The van der Waals surface area contributed by atoms with Crippen molar-refractivity contribution in [1.82, 2.24) is 24.7 Å². The largest absolute Gasteiger partial charge is 0.376 e. The number of hydrogen-bond acceptors (Lipinski definition) is 7. The Hall–Kier alpha value is -3.85. The second kappa shape index (κ2) is 8.95. The number of aryl methyl sites for hydroxylation is 1. The first-order valence-corrected chi connectivity index (χ1v) is 10.9. The summed E-state index contributed by atoms with van der Waals surface area (Å²) in [6, 6.07) is 8.94. The Bertz CT molecular complexity index is 1380. The molecular weight excluding hydrogens is 420 g/mol. The van der Waals surface area contributed by atoms with E-state index < -0.39 is 0 Å². The smallest absolute Gasteiger partial charge is 0.267 e. The first-order valence-electron chi connectivity index (χ1n) is 10.9. The third-order valence-corrected chi connectivity index (χ3v) is 5.69. The van der Waals surface area contributed by atoms with Gasteiger partial charge in [-0.05, 0) is 49.1 Å². The van der Waals surface area contributed by atoms with Crippen molar-refractivity contribution in [3.63, 3.8) is 0 Å². The Morgan fingerprint density at radius 2 is 2.18 bits per heavy atom. The molecule has 0 saturated carbocycles. The van der Waals surface area contributed by atoms with E-state index in [4.69, 9.17) is 4.74 Å². The second-order valence-corrected chi connectivity index (χ2v) is 8.17. The molecule has 2 N–H and O–H groups in total. The molecule has 9 nitrogen and oxygen atoms in total. The van der Waals surface area contributed by atoms with Gasteiger partial charge in [0.25, 0.3) is 11.5 Å². The zero-order chi connectivity index (χ0) is 22.8. The normalized spacial score (nSPS) is 15.7. The van der Waals surface area contributed by atoms with Crippen molar-refractivity contribution in [3.8, 4) is 0 Å². The van der Waals surface area contributed by atoms with Gasteiger partial charge in [-0.1, -0.05) is 12.1 Å². The zero-order valence-corrected chi connectivity index (χ0v) is 18.2. The van der Waals surface area contributed by atoms with Crippen LogP contribution in [-0.2, 0) is 11.3 Å². The minimum Gasteiger partial charge on any atom is -0.376 e. The molecule has 0 spiro atoms. The van der Waals surface area contributed by atoms with E-state index in [1.54, 1.807) is 30.7 Å². The highest BCUT2D eigenvalue weighted by molar-refractivity contribution is 6.01. The first-order chi connectivity index (χ1) is 16.1. The topological polar surface area (TPSA) is 111 Å². The maximum absolute atomic E-state index is 13.2. The molecule has 0 bridgehead atoms. The number of ether oxygens (including phenoxy) is 1. The van der Waals surface area contributed by atoms with Gasteiger partial charge in [-0.25, -0.2) is 9.97 Å². The van der Waals surface area contributed by atoms with E-state index in [1.165, 1.54) is 4.40 Å². The third kappa shape index (κ3) is 4.40. The average molecular weight is 444 g/mol. The van der Waals surface area contributed by atoms with Gasteiger partial charge in [0, 0.05) is 38.3 Å². The van der Waals surface area contributed by atoms with Crippen molar-refractivity contribution in [2.24, 2.45) is 0 Å². The molecule has 9 heteroatoms. The molecule has 0 aliphatic carbocycles. The number of nitrogens with zero attached hydrogens (tertiary/aromatic N) is 4. The highest BCUT2D eigenvalue weighted by Crippen LogP contribution is 2.20. The van der Waals surface area contributed by atoms with Crippen LogP contribution in [0.2, 0.25) is 0 Å². The summed E-state index contributed by atoms with van der Waals surface area (Å²) in [4.78, 5) is 39.5. The molecular formula is C24H24N6O3. The lowest BCUT2D eigenvalue weighted by molar-refractivity contribution is 0.0951. The summed E-state index contributed by atoms with van der Waals surface area (Å²) in [5.41, 5.74) is 2.63. The minimum atomic E-state index is -0.336. The number of rotatable bonds is 6. The van der Waals surface area contributed by atoms with Crippen LogP contribution in [0.1, 0.15) is 34.3 Å². The minimum absolute atomic E-state index is 0.0620. The number of amides is 1. The molecule has 5 rings (SSSR count). The number of anilines is 1. The Morgan fingerprint density at radius 3 is 2.97 bits per heavy atom. The number of carbonyl (C=O) groups excluding carboxylic acids is 1. The number of fused-ring (bicyclic) bond motifs is 2. The van der Waals surface area contributed by atoms with E-state index >= 15 is 0 Å². The highest BCUT2D eigenvalue weighted by Gasteiger charge is 2.20. The molecule has 4 aromatic rings. The molecule has 1 amide bonds. The zero-order valence-electron chi connectivity index (χ0n) is 18.2. The molecule has 0 aromatic carbocycles. The summed E-state index contributed by atoms with van der Waals surface area (Å²) < 4.78 is 7.17. The van der Waals surface area contributed by atoms with Crippen molar-refractivity contribution in [2.45, 2.75) is 32.4 Å². The molecule has 33 heavy (non-hydrogen) atoms.